The lowest BCUT2D eigenvalue weighted by Crippen LogP contribution is -2.17. The first-order valence-electron chi connectivity index (χ1n) is 11.2. The number of aryl methyl sites for hydroxylation is 1. The summed E-state index contributed by atoms with van der Waals surface area (Å²) in [6.45, 7) is 9.10. The van der Waals surface area contributed by atoms with Crippen LogP contribution in [-0.2, 0) is 0 Å². The third kappa shape index (κ3) is 5.01. The van der Waals surface area contributed by atoms with Crippen LogP contribution in [0.25, 0.3) is 22.3 Å². The third-order valence-electron chi connectivity index (χ3n) is 5.42. The maximum atomic E-state index is 13.3. The summed E-state index contributed by atoms with van der Waals surface area (Å²) >= 11 is 5.91. The van der Waals surface area contributed by atoms with Gasteiger partial charge in [-0.2, -0.15) is 0 Å². The zero-order valence-electron chi connectivity index (χ0n) is 20.5. The van der Waals surface area contributed by atoms with Crippen LogP contribution in [0, 0.1) is 13.8 Å². The number of hydrogen-bond donors (Lipinski definition) is 1. The van der Waals surface area contributed by atoms with Gasteiger partial charge in [0.1, 0.15) is 22.6 Å². The van der Waals surface area contributed by atoms with Gasteiger partial charge in [-0.15, -0.1) is 0 Å². The number of carbonyl (C=O) groups is 1. The molecule has 0 aliphatic rings. The second-order valence-corrected chi connectivity index (χ2v) is 9.03. The van der Waals surface area contributed by atoms with Crippen LogP contribution in [0.5, 0.6) is 11.8 Å². The van der Waals surface area contributed by atoms with Gasteiger partial charge >= 0.3 is 6.01 Å². The predicted molar refractivity (Wildman–Crippen MR) is 136 cm³/mol. The molecule has 0 bridgehead atoms. The second-order valence-electron chi connectivity index (χ2n) is 8.64. The van der Waals surface area contributed by atoms with Gasteiger partial charge in [0.25, 0.3) is 5.91 Å². The molecule has 9 nitrogen and oxygen atoms in total. The molecule has 0 radical (unpaired) electrons. The molecule has 1 aromatic carbocycles. The van der Waals surface area contributed by atoms with Crippen LogP contribution in [-0.4, -0.2) is 27.0 Å². The number of hydrogen-bond acceptors (Lipinski definition) is 8. The number of pyridine rings is 1. The average molecular weight is 509 g/mol. The molecule has 0 aliphatic carbocycles. The van der Waals surface area contributed by atoms with Gasteiger partial charge in [-0.1, -0.05) is 11.6 Å². The highest BCUT2D eigenvalue weighted by atomic mass is 35.5. The number of nitrogens with zero attached hydrogens (tertiary/aromatic N) is 3. The summed E-state index contributed by atoms with van der Waals surface area (Å²) in [5.41, 5.74) is 7.92. The van der Waals surface area contributed by atoms with Crippen molar-refractivity contribution in [3.63, 3.8) is 0 Å². The lowest BCUT2D eigenvalue weighted by molar-refractivity contribution is 0.0988. The zero-order valence-corrected chi connectivity index (χ0v) is 21.2. The van der Waals surface area contributed by atoms with E-state index in [2.05, 4.69) is 15.0 Å². The Morgan fingerprint density at radius 3 is 2.42 bits per heavy atom. The van der Waals surface area contributed by atoms with Gasteiger partial charge < -0.3 is 19.6 Å². The monoisotopic (exact) mass is 508 g/mol. The molecular weight excluding hydrogens is 484 g/mol. The SMILES string of the molecule is Cc1cc([C@@H](C)Oc2ccc(Cl)nc2C(N)=O)c2oc(-c3cnc(OC(C)C)nc3)c(C)c(=O)c2c1. The summed E-state index contributed by atoms with van der Waals surface area (Å²) in [4.78, 5) is 37.6. The molecule has 4 rings (SSSR count). The normalized spacial score (nSPS) is 12.1. The lowest BCUT2D eigenvalue weighted by atomic mass is 10.0. The van der Waals surface area contributed by atoms with Crippen LogP contribution >= 0.6 is 11.6 Å². The summed E-state index contributed by atoms with van der Waals surface area (Å²) in [6, 6.07) is 6.88. The van der Waals surface area contributed by atoms with Crippen molar-refractivity contribution in [2.45, 2.75) is 46.8 Å². The first-order chi connectivity index (χ1) is 17.0. The number of amides is 1. The quantitative estimate of drug-likeness (QED) is 0.347. The Bertz CT molecular complexity index is 1520. The Morgan fingerprint density at radius 1 is 1.08 bits per heavy atom. The molecule has 1 atom stereocenters. The van der Waals surface area contributed by atoms with Gasteiger partial charge in [-0.3, -0.25) is 9.59 Å². The fraction of sp³-hybridized carbons (Fsp3) is 0.269. The van der Waals surface area contributed by atoms with Crippen molar-refractivity contribution in [3.8, 4) is 23.1 Å². The van der Waals surface area contributed by atoms with E-state index in [1.54, 1.807) is 32.3 Å². The largest absolute Gasteiger partial charge is 0.483 e. The molecule has 0 unspecified atom stereocenters. The Morgan fingerprint density at radius 2 is 1.78 bits per heavy atom. The number of primary amides is 1. The molecule has 10 heteroatoms. The van der Waals surface area contributed by atoms with Crippen molar-refractivity contribution >= 4 is 28.5 Å². The van der Waals surface area contributed by atoms with E-state index in [9.17, 15) is 9.59 Å². The Kier molecular flexibility index (Phi) is 6.94. The van der Waals surface area contributed by atoms with Gasteiger partial charge in [-0.05, 0) is 64.4 Å². The molecule has 4 aromatic rings. The molecule has 0 saturated heterocycles. The number of aromatic nitrogens is 3. The summed E-state index contributed by atoms with van der Waals surface area (Å²) in [5.74, 6) is -0.270. The van der Waals surface area contributed by atoms with Gasteiger partial charge in [0.15, 0.2) is 16.9 Å². The summed E-state index contributed by atoms with van der Waals surface area (Å²) in [6.07, 6.45) is 2.39. The van der Waals surface area contributed by atoms with Crippen molar-refractivity contribution < 1.29 is 18.7 Å². The topological polar surface area (TPSA) is 130 Å². The summed E-state index contributed by atoms with van der Waals surface area (Å²) in [7, 11) is 0. The van der Waals surface area contributed by atoms with Crippen molar-refractivity contribution in [1.29, 1.82) is 0 Å². The van der Waals surface area contributed by atoms with Gasteiger partial charge in [0.05, 0.1) is 17.1 Å². The average Bonchev–Trinajstić information content (AvgIpc) is 2.82. The van der Waals surface area contributed by atoms with E-state index in [0.29, 0.717) is 33.4 Å². The number of rotatable bonds is 7. The molecule has 0 aliphatic heterocycles. The van der Waals surface area contributed by atoms with E-state index in [0.717, 1.165) is 5.56 Å². The minimum absolute atomic E-state index is 0.0746. The van der Waals surface area contributed by atoms with Crippen molar-refractivity contribution in [1.82, 2.24) is 15.0 Å². The predicted octanol–water partition coefficient (Wildman–Crippen LogP) is 4.94. The molecular formula is C26H25ClN4O5. The molecule has 36 heavy (non-hydrogen) atoms. The van der Waals surface area contributed by atoms with E-state index in [-0.39, 0.29) is 34.1 Å². The number of fused-ring (bicyclic) bond motifs is 1. The van der Waals surface area contributed by atoms with E-state index in [4.69, 9.17) is 31.2 Å². The first-order valence-corrected chi connectivity index (χ1v) is 11.6. The first kappa shape index (κ1) is 25.1. The highest BCUT2D eigenvalue weighted by Gasteiger charge is 2.22. The minimum atomic E-state index is -0.775. The summed E-state index contributed by atoms with van der Waals surface area (Å²) < 4.78 is 17.9. The minimum Gasteiger partial charge on any atom is -0.483 e. The van der Waals surface area contributed by atoms with Crippen LogP contribution in [0.2, 0.25) is 5.15 Å². The molecule has 3 aromatic heterocycles. The van der Waals surface area contributed by atoms with E-state index >= 15 is 0 Å². The molecule has 0 saturated carbocycles. The standard InChI is InChI=1S/C26H25ClN4O5/c1-12(2)34-26-29-10-16(11-30-26)23-14(4)22(32)18-9-13(3)8-17(24(18)36-23)15(5)35-19-6-7-20(27)31-21(19)25(28)33/h6-12,15H,1-5H3,(H2,28,33)/t15-/m1/s1. The van der Waals surface area contributed by atoms with Crippen LogP contribution in [0.3, 0.4) is 0 Å². The van der Waals surface area contributed by atoms with Gasteiger partial charge in [0, 0.05) is 23.5 Å². The fourth-order valence-electron chi connectivity index (χ4n) is 3.80. The highest BCUT2D eigenvalue weighted by Crippen LogP contribution is 2.33. The van der Waals surface area contributed by atoms with E-state index in [1.165, 1.54) is 12.1 Å². The summed E-state index contributed by atoms with van der Waals surface area (Å²) in [5, 5.41) is 0.523. The number of carbonyl (C=O) groups excluding carboxylic acids is 1. The second kappa shape index (κ2) is 9.94. The molecule has 186 valence electrons. The van der Waals surface area contributed by atoms with Crippen molar-refractivity contribution in [3.05, 3.63) is 74.4 Å². The number of nitrogens with two attached hydrogens (primary N) is 1. The molecule has 1 amide bonds. The highest BCUT2D eigenvalue weighted by molar-refractivity contribution is 6.29. The number of ether oxygens (including phenoxy) is 2. The number of halogens is 1. The fourth-order valence-corrected chi connectivity index (χ4v) is 3.95. The van der Waals surface area contributed by atoms with Crippen LogP contribution in [0.4, 0.5) is 0 Å². The third-order valence-corrected chi connectivity index (χ3v) is 5.63. The lowest BCUT2D eigenvalue weighted by Gasteiger charge is -2.19. The number of benzene rings is 1. The molecule has 0 spiro atoms. The van der Waals surface area contributed by atoms with Gasteiger partial charge in [0.2, 0.25) is 0 Å². The van der Waals surface area contributed by atoms with E-state index < -0.39 is 12.0 Å². The molecule has 2 N–H and O–H groups in total. The Hall–Kier alpha value is -3.98. The molecule has 0 fully saturated rings. The van der Waals surface area contributed by atoms with Crippen molar-refractivity contribution in [2.75, 3.05) is 0 Å². The molecule has 3 heterocycles. The van der Waals surface area contributed by atoms with Crippen LogP contribution < -0.4 is 20.6 Å². The Labute approximate surface area is 212 Å². The van der Waals surface area contributed by atoms with Crippen LogP contribution in [0.15, 0.2) is 45.9 Å². The van der Waals surface area contributed by atoms with Gasteiger partial charge in [-0.25, -0.2) is 15.0 Å². The Balaban J connectivity index is 1.82. The smallest absolute Gasteiger partial charge is 0.316 e. The van der Waals surface area contributed by atoms with Crippen molar-refractivity contribution in [2.24, 2.45) is 5.73 Å². The van der Waals surface area contributed by atoms with E-state index in [1.807, 2.05) is 26.8 Å². The zero-order chi connectivity index (χ0) is 26.1. The maximum Gasteiger partial charge on any atom is 0.316 e. The maximum absolute atomic E-state index is 13.3. The van der Waals surface area contributed by atoms with Crippen LogP contribution in [0.1, 0.15) is 54.1 Å².